The number of rotatable bonds is 5. The monoisotopic (exact) mass is 320 g/mol. The summed E-state index contributed by atoms with van der Waals surface area (Å²) >= 11 is 0. The minimum atomic E-state index is -0.0563. The van der Waals surface area contributed by atoms with Gasteiger partial charge >= 0.3 is 0 Å². The molecule has 1 amide bonds. The molecule has 3 heterocycles. The molecule has 2 aliphatic rings. The fourth-order valence-corrected chi connectivity index (χ4v) is 3.33. The molecule has 2 aliphatic heterocycles. The summed E-state index contributed by atoms with van der Waals surface area (Å²) in [6.45, 7) is 5.05. The Balaban J connectivity index is 1.55. The van der Waals surface area contributed by atoms with Crippen LogP contribution < -0.4 is 5.56 Å². The molecule has 0 saturated carbocycles. The highest BCUT2D eigenvalue weighted by Gasteiger charge is 2.26. The Morgan fingerprint density at radius 1 is 1.22 bits per heavy atom. The third-order valence-electron chi connectivity index (χ3n) is 4.64. The van der Waals surface area contributed by atoms with E-state index in [0.717, 1.165) is 32.5 Å². The van der Waals surface area contributed by atoms with Gasteiger partial charge in [0.1, 0.15) is 0 Å². The second-order valence-corrected chi connectivity index (χ2v) is 6.12. The van der Waals surface area contributed by atoms with Crippen molar-refractivity contribution in [3.05, 3.63) is 28.7 Å². The maximum atomic E-state index is 12.0. The molecule has 0 N–H and O–H groups in total. The summed E-state index contributed by atoms with van der Waals surface area (Å²) < 4.78 is 6.89. The van der Waals surface area contributed by atoms with Crippen LogP contribution in [0.4, 0.5) is 0 Å². The average Bonchev–Trinajstić information content (AvgIpc) is 2.88. The zero-order valence-corrected chi connectivity index (χ0v) is 13.4. The number of ether oxygens (including phenoxy) is 1. The SMILES string of the molecule is O=C1CCOCCN1CCN1CCCC1Cn1ncccc1=O. The maximum absolute atomic E-state index is 12.0. The van der Waals surface area contributed by atoms with E-state index in [1.165, 1.54) is 4.68 Å². The van der Waals surface area contributed by atoms with Crippen molar-refractivity contribution in [1.29, 1.82) is 0 Å². The highest BCUT2D eigenvalue weighted by atomic mass is 16.5. The van der Waals surface area contributed by atoms with Crippen LogP contribution in [0.3, 0.4) is 0 Å². The lowest BCUT2D eigenvalue weighted by molar-refractivity contribution is -0.130. The van der Waals surface area contributed by atoms with Gasteiger partial charge in [-0.25, -0.2) is 4.68 Å². The molecule has 0 radical (unpaired) electrons. The Bertz CT molecular complexity index is 589. The molecule has 126 valence electrons. The Kier molecular flexibility index (Phi) is 5.40. The Morgan fingerprint density at radius 3 is 3.00 bits per heavy atom. The summed E-state index contributed by atoms with van der Waals surface area (Å²) in [5, 5.41) is 4.15. The van der Waals surface area contributed by atoms with Crippen LogP contribution in [0.5, 0.6) is 0 Å². The first-order valence-electron chi connectivity index (χ1n) is 8.36. The first-order valence-corrected chi connectivity index (χ1v) is 8.36. The van der Waals surface area contributed by atoms with Crippen molar-refractivity contribution in [3.63, 3.8) is 0 Å². The number of likely N-dealkylation sites (tertiary alicyclic amines) is 1. The number of carbonyl (C=O) groups is 1. The minimum Gasteiger partial charge on any atom is -0.379 e. The summed E-state index contributed by atoms with van der Waals surface area (Å²) in [4.78, 5) is 28.1. The van der Waals surface area contributed by atoms with E-state index < -0.39 is 0 Å². The number of hydrogen-bond donors (Lipinski definition) is 0. The smallest absolute Gasteiger partial charge is 0.266 e. The van der Waals surface area contributed by atoms with E-state index in [9.17, 15) is 9.59 Å². The van der Waals surface area contributed by atoms with Gasteiger partial charge in [-0.1, -0.05) is 0 Å². The van der Waals surface area contributed by atoms with Crippen molar-refractivity contribution in [3.8, 4) is 0 Å². The maximum Gasteiger partial charge on any atom is 0.266 e. The van der Waals surface area contributed by atoms with E-state index in [2.05, 4.69) is 10.00 Å². The van der Waals surface area contributed by atoms with Crippen LogP contribution in [0.1, 0.15) is 19.3 Å². The predicted molar refractivity (Wildman–Crippen MR) is 85.1 cm³/mol. The van der Waals surface area contributed by atoms with E-state index in [0.29, 0.717) is 38.8 Å². The summed E-state index contributed by atoms with van der Waals surface area (Å²) in [6, 6.07) is 3.53. The third kappa shape index (κ3) is 4.17. The average molecular weight is 320 g/mol. The van der Waals surface area contributed by atoms with Gasteiger partial charge in [-0.3, -0.25) is 14.5 Å². The van der Waals surface area contributed by atoms with Crippen molar-refractivity contribution >= 4 is 5.91 Å². The molecule has 23 heavy (non-hydrogen) atoms. The lowest BCUT2D eigenvalue weighted by atomic mass is 10.2. The Hall–Kier alpha value is -1.73. The van der Waals surface area contributed by atoms with Gasteiger partial charge in [0.2, 0.25) is 5.91 Å². The van der Waals surface area contributed by atoms with Gasteiger partial charge in [-0.2, -0.15) is 5.10 Å². The summed E-state index contributed by atoms with van der Waals surface area (Å²) in [6.07, 6.45) is 4.33. The van der Waals surface area contributed by atoms with Crippen molar-refractivity contribution in [2.45, 2.75) is 31.8 Å². The number of nitrogens with zero attached hydrogens (tertiary/aromatic N) is 4. The second-order valence-electron chi connectivity index (χ2n) is 6.12. The zero-order chi connectivity index (χ0) is 16.1. The van der Waals surface area contributed by atoms with Gasteiger partial charge in [0.25, 0.3) is 5.56 Å². The summed E-state index contributed by atoms with van der Waals surface area (Å²) in [5.74, 6) is 0.180. The van der Waals surface area contributed by atoms with Crippen LogP contribution >= 0.6 is 0 Å². The van der Waals surface area contributed by atoms with E-state index in [4.69, 9.17) is 4.74 Å². The number of hydrogen-bond acceptors (Lipinski definition) is 5. The van der Waals surface area contributed by atoms with E-state index in [1.54, 1.807) is 18.3 Å². The van der Waals surface area contributed by atoms with E-state index in [1.807, 2.05) is 4.90 Å². The van der Waals surface area contributed by atoms with Gasteiger partial charge in [-0.15, -0.1) is 0 Å². The van der Waals surface area contributed by atoms with Gasteiger partial charge in [0, 0.05) is 37.9 Å². The molecular formula is C16H24N4O3. The molecule has 2 fully saturated rings. The highest BCUT2D eigenvalue weighted by Crippen LogP contribution is 2.18. The minimum absolute atomic E-state index is 0.0563. The number of carbonyl (C=O) groups excluding carboxylic acids is 1. The Labute approximate surface area is 135 Å². The van der Waals surface area contributed by atoms with Crippen LogP contribution in [0.25, 0.3) is 0 Å². The number of aromatic nitrogens is 2. The molecule has 0 spiro atoms. The van der Waals surface area contributed by atoms with Gasteiger partial charge < -0.3 is 9.64 Å². The largest absolute Gasteiger partial charge is 0.379 e. The molecule has 1 aromatic heterocycles. The molecule has 0 aliphatic carbocycles. The van der Waals surface area contributed by atoms with Crippen molar-refractivity contribution in [2.75, 3.05) is 39.4 Å². The standard InChI is InChI=1S/C16H24N4O3/c21-15-5-11-23-12-10-19(15)9-8-18-7-2-3-14(18)13-20-16(22)4-1-6-17-20/h1,4,6,14H,2-3,5,7-13H2. The molecule has 1 aromatic rings. The van der Waals surface area contributed by atoms with Crippen LogP contribution in [-0.2, 0) is 16.1 Å². The molecule has 1 atom stereocenters. The highest BCUT2D eigenvalue weighted by molar-refractivity contribution is 5.76. The molecule has 0 aromatic carbocycles. The van der Waals surface area contributed by atoms with Gasteiger partial charge in [0.05, 0.1) is 26.2 Å². The van der Waals surface area contributed by atoms with Crippen LogP contribution in [0.15, 0.2) is 23.1 Å². The fraction of sp³-hybridized carbons (Fsp3) is 0.688. The first kappa shape index (κ1) is 16.1. The molecule has 2 saturated heterocycles. The van der Waals surface area contributed by atoms with Crippen LogP contribution in [0, 0.1) is 0 Å². The van der Waals surface area contributed by atoms with Crippen molar-refractivity contribution in [1.82, 2.24) is 19.6 Å². The molecule has 0 bridgehead atoms. The quantitative estimate of drug-likeness (QED) is 0.761. The number of amides is 1. The van der Waals surface area contributed by atoms with Gasteiger partial charge in [-0.05, 0) is 25.5 Å². The van der Waals surface area contributed by atoms with Crippen molar-refractivity contribution in [2.24, 2.45) is 0 Å². The third-order valence-corrected chi connectivity index (χ3v) is 4.64. The zero-order valence-electron chi connectivity index (χ0n) is 13.4. The van der Waals surface area contributed by atoms with Crippen molar-refractivity contribution < 1.29 is 9.53 Å². The van der Waals surface area contributed by atoms with E-state index in [-0.39, 0.29) is 11.5 Å². The molecule has 1 unspecified atom stereocenters. The van der Waals surface area contributed by atoms with Gasteiger partial charge in [0.15, 0.2) is 0 Å². The second kappa shape index (κ2) is 7.70. The van der Waals surface area contributed by atoms with E-state index >= 15 is 0 Å². The predicted octanol–water partition coefficient (Wildman–Crippen LogP) is -0.0434. The molecule has 7 heteroatoms. The normalized spacial score (nSPS) is 23.2. The fourth-order valence-electron chi connectivity index (χ4n) is 3.33. The molecule has 7 nitrogen and oxygen atoms in total. The molecule has 3 rings (SSSR count). The molecular weight excluding hydrogens is 296 g/mol. The lowest BCUT2D eigenvalue weighted by Crippen LogP contribution is -2.43. The van der Waals surface area contributed by atoms with Crippen LogP contribution in [-0.4, -0.2) is 70.9 Å². The lowest BCUT2D eigenvalue weighted by Gasteiger charge is -2.28. The first-order chi connectivity index (χ1) is 11.2. The van der Waals surface area contributed by atoms with Crippen LogP contribution in [0.2, 0.25) is 0 Å². The summed E-state index contributed by atoms with van der Waals surface area (Å²) in [5.41, 5.74) is -0.0563. The summed E-state index contributed by atoms with van der Waals surface area (Å²) in [7, 11) is 0. The Morgan fingerprint density at radius 2 is 2.13 bits per heavy atom. The topological polar surface area (TPSA) is 67.7 Å².